The van der Waals surface area contributed by atoms with E-state index in [1.165, 1.54) is 30.8 Å². The van der Waals surface area contributed by atoms with Crippen LogP contribution in [0.2, 0.25) is 0 Å². The van der Waals surface area contributed by atoms with Crippen LogP contribution in [0.25, 0.3) is 0 Å². The molecule has 0 radical (unpaired) electrons. The second kappa shape index (κ2) is 7.88. The summed E-state index contributed by atoms with van der Waals surface area (Å²) in [6.45, 7) is 8.90. The number of rotatable bonds is 6. The molecule has 2 N–H and O–H groups in total. The Kier molecular flexibility index (Phi) is 5.88. The second-order valence-electron chi connectivity index (χ2n) is 6.65. The minimum Gasteiger partial charge on any atom is -0.379 e. The standard InChI is InChI=1S/C16H30N4OS/c1-2-17-15(18-11-14-3-4-14)19-12-16(5-10-22-13-16)20-6-8-21-9-7-20/h14H,2-13H2,1H3,(H2,17,18,19). The van der Waals surface area contributed by atoms with Crippen LogP contribution in [0.5, 0.6) is 0 Å². The van der Waals surface area contributed by atoms with Crippen molar-refractivity contribution in [3.63, 3.8) is 0 Å². The molecule has 0 aromatic heterocycles. The Morgan fingerprint density at radius 3 is 2.77 bits per heavy atom. The van der Waals surface area contributed by atoms with Crippen LogP contribution in [0.15, 0.2) is 4.99 Å². The molecular formula is C16H30N4OS. The van der Waals surface area contributed by atoms with Crippen molar-refractivity contribution in [1.82, 2.24) is 15.5 Å². The molecule has 3 aliphatic rings. The van der Waals surface area contributed by atoms with Gasteiger partial charge in [0.1, 0.15) is 0 Å². The molecule has 22 heavy (non-hydrogen) atoms. The molecule has 1 atom stereocenters. The van der Waals surface area contributed by atoms with Crippen LogP contribution in [-0.2, 0) is 4.74 Å². The van der Waals surface area contributed by atoms with E-state index < -0.39 is 0 Å². The minimum atomic E-state index is 0.246. The van der Waals surface area contributed by atoms with Crippen LogP contribution in [0.1, 0.15) is 26.2 Å². The van der Waals surface area contributed by atoms with Gasteiger partial charge in [-0.25, -0.2) is 0 Å². The highest BCUT2D eigenvalue weighted by atomic mass is 32.2. The molecule has 0 spiro atoms. The van der Waals surface area contributed by atoms with Crippen molar-refractivity contribution in [1.29, 1.82) is 0 Å². The Hall–Kier alpha value is -0.460. The molecule has 6 heteroatoms. The smallest absolute Gasteiger partial charge is 0.191 e. The molecule has 2 saturated heterocycles. The van der Waals surface area contributed by atoms with Crippen LogP contribution in [-0.4, -0.2) is 73.8 Å². The van der Waals surface area contributed by atoms with Crippen molar-refractivity contribution in [2.45, 2.75) is 31.7 Å². The molecule has 1 unspecified atom stereocenters. The summed E-state index contributed by atoms with van der Waals surface area (Å²) in [7, 11) is 0. The first-order valence-corrected chi connectivity index (χ1v) is 9.90. The van der Waals surface area contributed by atoms with E-state index in [0.29, 0.717) is 0 Å². The van der Waals surface area contributed by atoms with Gasteiger partial charge in [-0.1, -0.05) is 0 Å². The zero-order chi connectivity index (χ0) is 15.3. The number of thioether (sulfide) groups is 1. The Bertz CT molecular complexity index is 374. The number of ether oxygens (including phenoxy) is 1. The molecule has 2 heterocycles. The molecule has 3 fully saturated rings. The normalized spacial score (nSPS) is 30.5. The summed E-state index contributed by atoms with van der Waals surface area (Å²) >= 11 is 2.08. The predicted molar refractivity (Wildman–Crippen MR) is 93.8 cm³/mol. The quantitative estimate of drug-likeness (QED) is 0.567. The zero-order valence-electron chi connectivity index (χ0n) is 13.8. The molecule has 1 aliphatic carbocycles. The van der Waals surface area contributed by atoms with Gasteiger partial charge < -0.3 is 15.4 Å². The van der Waals surface area contributed by atoms with Gasteiger partial charge in [0.05, 0.1) is 25.3 Å². The Morgan fingerprint density at radius 1 is 1.32 bits per heavy atom. The largest absolute Gasteiger partial charge is 0.379 e. The third-order valence-electron chi connectivity index (χ3n) is 4.90. The molecular weight excluding hydrogens is 296 g/mol. The third kappa shape index (κ3) is 4.30. The van der Waals surface area contributed by atoms with Crippen molar-refractivity contribution in [2.24, 2.45) is 10.9 Å². The van der Waals surface area contributed by atoms with Gasteiger partial charge in [-0.3, -0.25) is 9.89 Å². The molecule has 0 aromatic carbocycles. The maximum absolute atomic E-state index is 5.53. The Labute approximate surface area is 138 Å². The summed E-state index contributed by atoms with van der Waals surface area (Å²) in [6, 6.07) is 0. The lowest BCUT2D eigenvalue weighted by Gasteiger charge is -2.42. The average Bonchev–Trinajstić information content (AvgIpc) is 3.27. The highest BCUT2D eigenvalue weighted by molar-refractivity contribution is 7.99. The molecule has 126 valence electrons. The third-order valence-corrected chi connectivity index (χ3v) is 6.13. The summed E-state index contributed by atoms with van der Waals surface area (Å²) in [4.78, 5) is 7.57. The van der Waals surface area contributed by atoms with E-state index in [4.69, 9.17) is 9.73 Å². The highest BCUT2D eigenvalue weighted by Crippen LogP contribution is 2.34. The van der Waals surface area contributed by atoms with Crippen LogP contribution in [0.4, 0.5) is 0 Å². The van der Waals surface area contributed by atoms with E-state index in [2.05, 4.69) is 34.2 Å². The van der Waals surface area contributed by atoms with Crippen molar-refractivity contribution in [3.05, 3.63) is 0 Å². The van der Waals surface area contributed by atoms with Gasteiger partial charge in [0.15, 0.2) is 5.96 Å². The van der Waals surface area contributed by atoms with Gasteiger partial charge in [0.25, 0.3) is 0 Å². The van der Waals surface area contributed by atoms with Gasteiger partial charge in [0.2, 0.25) is 0 Å². The Morgan fingerprint density at radius 2 is 2.14 bits per heavy atom. The number of guanidine groups is 1. The number of nitrogens with one attached hydrogen (secondary N) is 2. The summed E-state index contributed by atoms with van der Waals surface area (Å²) in [5.41, 5.74) is 0.246. The molecule has 1 saturated carbocycles. The maximum Gasteiger partial charge on any atom is 0.191 e. The molecule has 0 aromatic rings. The topological polar surface area (TPSA) is 48.9 Å². The van der Waals surface area contributed by atoms with Gasteiger partial charge in [-0.2, -0.15) is 11.8 Å². The van der Waals surface area contributed by atoms with Gasteiger partial charge in [-0.15, -0.1) is 0 Å². The second-order valence-corrected chi connectivity index (χ2v) is 7.75. The van der Waals surface area contributed by atoms with Crippen LogP contribution in [0.3, 0.4) is 0 Å². The fourth-order valence-electron chi connectivity index (χ4n) is 3.24. The number of nitrogens with zero attached hydrogens (tertiary/aromatic N) is 2. The SMILES string of the molecule is CCNC(=NCC1(N2CCOCC2)CCSC1)NCC1CC1. The molecule has 0 amide bonds. The summed E-state index contributed by atoms with van der Waals surface area (Å²) < 4.78 is 5.53. The van der Waals surface area contributed by atoms with E-state index in [-0.39, 0.29) is 5.54 Å². The van der Waals surface area contributed by atoms with Crippen molar-refractivity contribution < 1.29 is 4.74 Å². The molecule has 2 aliphatic heterocycles. The fourth-order valence-corrected chi connectivity index (χ4v) is 4.71. The number of morpholine rings is 1. The number of hydrogen-bond acceptors (Lipinski definition) is 4. The van der Waals surface area contributed by atoms with Gasteiger partial charge >= 0.3 is 0 Å². The monoisotopic (exact) mass is 326 g/mol. The van der Waals surface area contributed by atoms with Gasteiger partial charge in [0, 0.05) is 31.9 Å². The summed E-state index contributed by atoms with van der Waals surface area (Å²) in [5, 5.41) is 6.91. The van der Waals surface area contributed by atoms with Crippen LogP contribution in [0, 0.1) is 5.92 Å². The minimum absolute atomic E-state index is 0.246. The van der Waals surface area contributed by atoms with Crippen molar-refractivity contribution in [3.8, 4) is 0 Å². The summed E-state index contributed by atoms with van der Waals surface area (Å²) in [6.07, 6.45) is 4.00. The van der Waals surface area contributed by atoms with E-state index in [0.717, 1.165) is 57.8 Å². The molecule has 3 rings (SSSR count). The number of hydrogen-bond donors (Lipinski definition) is 2. The van der Waals surface area contributed by atoms with Crippen molar-refractivity contribution in [2.75, 3.05) is 57.4 Å². The lowest BCUT2D eigenvalue weighted by Crippen LogP contribution is -2.56. The van der Waals surface area contributed by atoms with E-state index in [9.17, 15) is 0 Å². The maximum atomic E-state index is 5.53. The first kappa shape index (κ1) is 16.4. The predicted octanol–water partition coefficient (Wildman–Crippen LogP) is 1.16. The van der Waals surface area contributed by atoms with Gasteiger partial charge in [-0.05, 0) is 37.9 Å². The lowest BCUT2D eigenvalue weighted by molar-refractivity contribution is -0.0104. The van der Waals surface area contributed by atoms with Crippen LogP contribution < -0.4 is 10.6 Å². The molecule has 0 bridgehead atoms. The van der Waals surface area contributed by atoms with E-state index in [1.807, 2.05) is 0 Å². The van der Waals surface area contributed by atoms with E-state index in [1.54, 1.807) is 0 Å². The first-order chi connectivity index (χ1) is 10.8. The van der Waals surface area contributed by atoms with E-state index >= 15 is 0 Å². The van der Waals surface area contributed by atoms with Crippen LogP contribution >= 0.6 is 11.8 Å². The lowest BCUT2D eigenvalue weighted by atomic mass is 9.96. The number of aliphatic imine (C=N–C) groups is 1. The highest BCUT2D eigenvalue weighted by Gasteiger charge is 2.40. The fraction of sp³-hybridized carbons (Fsp3) is 0.938. The summed E-state index contributed by atoms with van der Waals surface area (Å²) in [5.74, 6) is 4.34. The first-order valence-electron chi connectivity index (χ1n) is 8.75. The van der Waals surface area contributed by atoms with Crippen molar-refractivity contribution >= 4 is 17.7 Å². The average molecular weight is 327 g/mol. The molecule has 5 nitrogen and oxygen atoms in total. The zero-order valence-corrected chi connectivity index (χ0v) is 14.6. The Balaban J connectivity index is 1.61.